The molecule has 2 aromatic carbocycles. The number of pyridine rings is 1. The third-order valence-corrected chi connectivity index (χ3v) is 3.45. The molecule has 1 aromatic heterocycles. The van der Waals surface area contributed by atoms with E-state index in [1.165, 1.54) is 24.3 Å². The minimum Gasteiger partial charge on any atom is -0.398 e. The average molecular weight is 295 g/mol. The third kappa shape index (κ3) is 2.48. The smallest absolute Gasteiger partial charge is 0.274 e. The van der Waals surface area contributed by atoms with E-state index in [-0.39, 0.29) is 17.4 Å². The van der Waals surface area contributed by atoms with Crippen LogP contribution in [-0.4, -0.2) is 10.9 Å². The van der Waals surface area contributed by atoms with E-state index in [1.807, 2.05) is 13.0 Å². The maximum atomic E-state index is 12.9. The largest absolute Gasteiger partial charge is 0.398 e. The Morgan fingerprint density at radius 2 is 1.91 bits per heavy atom. The first-order valence-corrected chi connectivity index (χ1v) is 6.77. The molecule has 5 heteroatoms. The van der Waals surface area contributed by atoms with E-state index in [9.17, 15) is 9.18 Å². The molecule has 0 spiro atoms. The first kappa shape index (κ1) is 14.0. The minimum absolute atomic E-state index is 0.289. The number of hydrogen-bond acceptors (Lipinski definition) is 3. The van der Waals surface area contributed by atoms with E-state index < -0.39 is 0 Å². The lowest BCUT2D eigenvalue weighted by molar-refractivity contribution is 0.102. The maximum Gasteiger partial charge on any atom is 0.274 e. The molecule has 22 heavy (non-hydrogen) atoms. The zero-order valence-corrected chi connectivity index (χ0v) is 11.9. The molecule has 4 nitrogen and oxygen atoms in total. The zero-order chi connectivity index (χ0) is 15.7. The van der Waals surface area contributed by atoms with Crippen LogP contribution in [0.5, 0.6) is 0 Å². The van der Waals surface area contributed by atoms with Crippen molar-refractivity contribution in [2.45, 2.75) is 6.92 Å². The molecule has 0 aliphatic carbocycles. The molecule has 0 saturated carbocycles. The summed E-state index contributed by atoms with van der Waals surface area (Å²) in [6.07, 6.45) is 1.62. The molecule has 0 bridgehead atoms. The number of nitrogens with zero attached hydrogens (tertiary/aromatic N) is 1. The SMILES string of the molecule is Cc1cnc(C(=O)Nc2ccc(F)cc2)c2cccc(N)c12. The summed E-state index contributed by atoms with van der Waals surface area (Å²) in [5.41, 5.74) is 8.30. The van der Waals surface area contributed by atoms with Crippen LogP contribution in [0.25, 0.3) is 10.8 Å². The lowest BCUT2D eigenvalue weighted by Gasteiger charge is -2.10. The number of nitrogens with two attached hydrogens (primary N) is 1. The van der Waals surface area contributed by atoms with Crippen LogP contribution in [0, 0.1) is 12.7 Å². The lowest BCUT2D eigenvalue weighted by Crippen LogP contribution is -2.14. The summed E-state index contributed by atoms with van der Waals surface area (Å²) in [7, 11) is 0. The molecule has 0 aliphatic rings. The molecule has 110 valence electrons. The fourth-order valence-corrected chi connectivity index (χ4v) is 2.41. The van der Waals surface area contributed by atoms with E-state index in [1.54, 1.807) is 18.3 Å². The number of halogens is 1. The predicted octanol–water partition coefficient (Wildman–Crippen LogP) is 3.52. The molecule has 1 amide bonds. The van der Waals surface area contributed by atoms with Crippen molar-refractivity contribution in [1.29, 1.82) is 0 Å². The van der Waals surface area contributed by atoms with Crippen molar-refractivity contribution in [3.8, 4) is 0 Å². The van der Waals surface area contributed by atoms with Gasteiger partial charge in [0.15, 0.2) is 0 Å². The van der Waals surface area contributed by atoms with Gasteiger partial charge in [0.05, 0.1) is 0 Å². The predicted molar refractivity (Wildman–Crippen MR) is 85.2 cm³/mol. The highest BCUT2D eigenvalue weighted by Crippen LogP contribution is 2.26. The number of aryl methyl sites for hydroxylation is 1. The molecule has 1 heterocycles. The number of carbonyl (C=O) groups is 1. The Balaban J connectivity index is 2.03. The van der Waals surface area contributed by atoms with Crippen molar-refractivity contribution >= 4 is 28.1 Å². The van der Waals surface area contributed by atoms with Crippen molar-refractivity contribution in [2.24, 2.45) is 0 Å². The Bertz CT molecular complexity index is 851. The van der Waals surface area contributed by atoms with Crippen molar-refractivity contribution in [1.82, 2.24) is 4.98 Å². The van der Waals surface area contributed by atoms with Crippen LogP contribution in [-0.2, 0) is 0 Å². The van der Waals surface area contributed by atoms with Gasteiger partial charge in [0.25, 0.3) is 5.91 Å². The van der Waals surface area contributed by atoms with Gasteiger partial charge in [0.2, 0.25) is 0 Å². The molecule has 0 aliphatic heterocycles. The molecule has 0 fully saturated rings. The highest BCUT2D eigenvalue weighted by atomic mass is 19.1. The van der Waals surface area contributed by atoms with E-state index in [4.69, 9.17) is 5.73 Å². The highest BCUT2D eigenvalue weighted by molar-refractivity contribution is 6.13. The van der Waals surface area contributed by atoms with Gasteiger partial charge in [-0.25, -0.2) is 4.39 Å². The van der Waals surface area contributed by atoms with Gasteiger partial charge >= 0.3 is 0 Å². The Morgan fingerprint density at radius 3 is 2.64 bits per heavy atom. The number of anilines is 2. The average Bonchev–Trinajstić information content (AvgIpc) is 2.50. The van der Waals surface area contributed by atoms with Crippen LogP contribution < -0.4 is 11.1 Å². The maximum absolute atomic E-state index is 12.9. The van der Waals surface area contributed by atoms with Gasteiger partial charge in [0, 0.05) is 28.3 Å². The van der Waals surface area contributed by atoms with Crippen molar-refractivity contribution < 1.29 is 9.18 Å². The number of amides is 1. The second kappa shape index (κ2) is 5.44. The van der Waals surface area contributed by atoms with Crippen molar-refractivity contribution in [3.05, 3.63) is 65.7 Å². The highest BCUT2D eigenvalue weighted by Gasteiger charge is 2.14. The Labute approximate surface area is 126 Å². The van der Waals surface area contributed by atoms with Crippen LogP contribution >= 0.6 is 0 Å². The number of aromatic nitrogens is 1. The molecule has 0 unspecified atom stereocenters. The summed E-state index contributed by atoms with van der Waals surface area (Å²) in [5, 5.41) is 4.22. The van der Waals surface area contributed by atoms with E-state index in [0.29, 0.717) is 16.8 Å². The molecule has 0 saturated heterocycles. The Kier molecular flexibility index (Phi) is 3.47. The van der Waals surface area contributed by atoms with Crippen molar-refractivity contribution in [3.63, 3.8) is 0 Å². The fourth-order valence-electron chi connectivity index (χ4n) is 2.41. The van der Waals surface area contributed by atoms with Gasteiger partial charge in [0.1, 0.15) is 11.5 Å². The summed E-state index contributed by atoms with van der Waals surface area (Å²) in [6, 6.07) is 11.0. The van der Waals surface area contributed by atoms with Crippen LogP contribution in [0.3, 0.4) is 0 Å². The Morgan fingerprint density at radius 1 is 1.18 bits per heavy atom. The fraction of sp³-hybridized carbons (Fsp3) is 0.0588. The second-order valence-electron chi connectivity index (χ2n) is 5.02. The topological polar surface area (TPSA) is 68.0 Å². The lowest BCUT2D eigenvalue weighted by atomic mass is 10.0. The molecule has 3 rings (SSSR count). The summed E-state index contributed by atoms with van der Waals surface area (Å²) in [4.78, 5) is 16.6. The second-order valence-corrected chi connectivity index (χ2v) is 5.02. The number of hydrogen-bond donors (Lipinski definition) is 2. The summed E-state index contributed by atoms with van der Waals surface area (Å²) in [6.45, 7) is 1.90. The van der Waals surface area contributed by atoms with Crippen LogP contribution in [0.15, 0.2) is 48.7 Å². The normalized spacial score (nSPS) is 10.6. The van der Waals surface area contributed by atoms with E-state index in [2.05, 4.69) is 10.3 Å². The number of carbonyl (C=O) groups excluding carboxylic acids is 1. The third-order valence-electron chi connectivity index (χ3n) is 3.45. The first-order valence-electron chi connectivity index (χ1n) is 6.77. The molecular weight excluding hydrogens is 281 g/mol. The Hall–Kier alpha value is -2.95. The van der Waals surface area contributed by atoms with Gasteiger partial charge in [-0.3, -0.25) is 9.78 Å². The van der Waals surface area contributed by atoms with Gasteiger partial charge in [-0.1, -0.05) is 12.1 Å². The molecule has 3 N–H and O–H groups in total. The van der Waals surface area contributed by atoms with Gasteiger partial charge < -0.3 is 11.1 Å². The molecule has 0 atom stereocenters. The van der Waals surface area contributed by atoms with Crippen molar-refractivity contribution in [2.75, 3.05) is 11.1 Å². The molecular formula is C17H14FN3O. The zero-order valence-electron chi connectivity index (χ0n) is 11.9. The van der Waals surface area contributed by atoms with Crippen LogP contribution in [0.1, 0.15) is 16.1 Å². The minimum atomic E-state index is -0.359. The van der Waals surface area contributed by atoms with Crippen LogP contribution in [0.2, 0.25) is 0 Å². The van der Waals surface area contributed by atoms with E-state index in [0.717, 1.165) is 10.9 Å². The summed E-state index contributed by atoms with van der Waals surface area (Å²) in [5.74, 6) is -0.716. The number of nitrogens with one attached hydrogen (secondary N) is 1. The molecule has 0 radical (unpaired) electrons. The van der Waals surface area contributed by atoms with Gasteiger partial charge in [-0.2, -0.15) is 0 Å². The van der Waals surface area contributed by atoms with Gasteiger partial charge in [-0.05, 0) is 42.8 Å². The monoisotopic (exact) mass is 295 g/mol. The number of rotatable bonds is 2. The standard InChI is InChI=1S/C17H14FN3O/c1-10-9-20-16(13-3-2-4-14(19)15(10)13)17(22)21-12-7-5-11(18)6-8-12/h2-9H,19H2,1H3,(H,21,22). The van der Waals surface area contributed by atoms with Crippen LogP contribution in [0.4, 0.5) is 15.8 Å². The van der Waals surface area contributed by atoms with Gasteiger partial charge in [-0.15, -0.1) is 0 Å². The number of fused-ring (bicyclic) bond motifs is 1. The van der Waals surface area contributed by atoms with E-state index >= 15 is 0 Å². The quantitative estimate of drug-likeness (QED) is 0.711. The number of benzene rings is 2. The summed E-state index contributed by atoms with van der Waals surface area (Å²) >= 11 is 0. The number of nitrogen functional groups attached to an aromatic ring is 1. The first-order chi connectivity index (χ1) is 10.6. The summed E-state index contributed by atoms with van der Waals surface area (Å²) < 4.78 is 12.9. The molecule has 3 aromatic rings.